The Kier molecular flexibility index (Phi) is 10.9. The molecule has 0 bridgehead atoms. The van der Waals surface area contributed by atoms with Gasteiger partial charge in [-0.15, -0.1) is 11.6 Å². The van der Waals surface area contributed by atoms with Gasteiger partial charge in [0.2, 0.25) is 5.91 Å². The number of carbonyl (C=O) groups excluding carboxylic acids is 3. The highest BCUT2D eigenvalue weighted by Gasteiger charge is 2.28. The molecule has 50 heavy (non-hydrogen) atoms. The summed E-state index contributed by atoms with van der Waals surface area (Å²) in [5.41, 5.74) is 10.3. The van der Waals surface area contributed by atoms with Crippen molar-refractivity contribution < 1.29 is 19.5 Å². The fourth-order valence-corrected chi connectivity index (χ4v) is 5.79. The molecule has 0 aliphatic carbocycles. The van der Waals surface area contributed by atoms with Crippen LogP contribution in [0.25, 0.3) is 40.2 Å². The topological polar surface area (TPSA) is 134 Å². The average Bonchev–Trinajstić information content (AvgIpc) is 3.08. The maximum Gasteiger partial charge on any atom is 0.261 e. The summed E-state index contributed by atoms with van der Waals surface area (Å²) >= 11 is 6.10. The van der Waals surface area contributed by atoms with Gasteiger partial charge in [-0.1, -0.05) is 65.7 Å². The summed E-state index contributed by atoms with van der Waals surface area (Å²) in [7, 11) is 1.80. The lowest BCUT2D eigenvalue weighted by molar-refractivity contribution is -0.134. The molecule has 2 amide bonds. The first kappa shape index (κ1) is 35.6. The molecule has 10 heteroatoms. The van der Waals surface area contributed by atoms with Gasteiger partial charge in [-0.3, -0.25) is 19.7 Å². The number of hydrogen-bond acceptors (Lipinski definition) is 8. The molecule has 3 N–H and O–H groups in total. The number of halogens is 1. The fourth-order valence-electron chi connectivity index (χ4n) is 5.63. The SMILES string of the molecule is CNc1ccc(/C=C2\C(=O)CC(=O)NC2=O)cc1.Cc1ccc(-c2nc(-c3ccc(C)cc3C)nc(-c3cc(CCl)cc(C)c3O)n2)c(C)c1. The fraction of sp³-hybridized carbons (Fsp3) is 0.200. The first-order valence-electron chi connectivity index (χ1n) is 16.0. The first-order valence-corrected chi connectivity index (χ1v) is 16.6. The van der Waals surface area contributed by atoms with E-state index in [2.05, 4.69) is 62.6 Å². The Balaban J connectivity index is 0.000000228. The molecule has 1 fully saturated rings. The third kappa shape index (κ3) is 8.13. The van der Waals surface area contributed by atoms with Crippen molar-refractivity contribution in [3.05, 3.63) is 117 Å². The van der Waals surface area contributed by atoms with Crippen molar-refractivity contribution >= 4 is 41.0 Å². The average molecular weight is 688 g/mol. The standard InChI is InChI=1S/C27H26ClN3O.C13H12N2O3/c1-15-6-8-21(17(3)10-15)25-29-26(22-9-7-16(2)11-18(22)4)31-27(30-25)23-13-20(14-28)12-19(5)24(23)32;1-14-9-4-2-8(3-5-9)6-10-11(16)7-12(17)15-13(10)18/h6-13,32H,14H2,1-5H3;2-6,14H,7H2,1H3,(H,15,17,18)/b;10-6+. The number of phenolic OH excluding ortho intramolecular Hbond substituents is 1. The van der Waals surface area contributed by atoms with Gasteiger partial charge in [0.15, 0.2) is 23.3 Å². The number of Topliss-reactive ketones (excluding diaryl/α,β-unsaturated/α-hetero) is 1. The van der Waals surface area contributed by atoms with Crippen LogP contribution in [0.4, 0.5) is 5.69 Å². The van der Waals surface area contributed by atoms with Gasteiger partial charge >= 0.3 is 0 Å². The lowest BCUT2D eigenvalue weighted by Crippen LogP contribution is -2.40. The van der Waals surface area contributed by atoms with Crippen molar-refractivity contribution in [2.75, 3.05) is 12.4 Å². The molecule has 9 nitrogen and oxygen atoms in total. The predicted octanol–water partition coefficient (Wildman–Crippen LogP) is 7.59. The number of hydrogen-bond donors (Lipinski definition) is 3. The first-order chi connectivity index (χ1) is 23.9. The van der Waals surface area contributed by atoms with Crippen LogP contribution in [-0.2, 0) is 20.3 Å². The lowest BCUT2D eigenvalue weighted by Gasteiger charge is -2.14. The van der Waals surface area contributed by atoms with Gasteiger partial charge in [-0.05, 0) is 86.7 Å². The molecule has 1 aliphatic heterocycles. The third-order valence-corrected chi connectivity index (χ3v) is 8.57. The lowest BCUT2D eigenvalue weighted by atomic mass is 10.0. The van der Waals surface area contributed by atoms with Crippen LogP contribution in [0.1, 0.15) is 45.4 Å². The molecule has 4 aromatic carbocycles. The monoisotopic (exact) mass is 687 g/mol. The van der Waals surface area contributed by atoms with Gasteiger partial charge in [-0.25, -0.2) is 15.0 Å². The number of anilines is 1. The zero-order chi connectivity index (χ0) is 36.1. The van der Waals surface area contributed by atoms with Gasteiger partial charge in [0.05, 0.1) is 17.6 Å². The quantitative estimate of drug-likeness (QED) is 0.0547. The minimum atomic E-state index is -0.631. The summed E-state index contributed by atoms with van der Waals surface area (Å²) in [6.45, 7) is 10.1. The number of rotatable bonds is 6. The molecular weight excluding hydrogens is 650 g/mol. The van der Waals surface area contributed by atoms with Crippen molar-refractivity contribution in [1.29, 1.82) is 0 Å². The molecule has 0 radical (unpaired) electrons. The van der Waals surface area contributed by atoms with Crippen molar-refractivity contribution in [3.63, 3.8) is 0 Å². The number of amides is 2. The number of ketones is 1. The van der Waals surface area contributed by atoms with Crippen LogP contribution in [0.2, 0.25) is 0 Å². The van der Waals surface area contributed by atoms with E-state index in [4.69, 9.17) is 26.6 Å². The van der Waals surface area contributed by atoms with Crippen LogP contribution in [0.3, 0.4) is 0 Å². The van der Waals surface area contributed by atoms with Gasteiger partial charge in [0.1, 0.15) is 5.75 Å². The van der Waals surface area contributed by atoms with E-state index in [1.165, 1.54) is 17.2 Å². The van der Waals surface area contributed by atoms with Crippen molar-refractivity contribution in [3.8, 4) is 39.9 Å². The minimum absolute atomic E-state index is 0.0202. The number of benzene rings is 4. The van der Waals surface area contributed by atoms with E-state index in [1.54, 1.807) is 19.2 Å². The highest BCUT2D eigenvalue weighted by atomic mass is 35.5. The molecule has 0 atom stereocenters. The van der Waals surface area contributed by atoms with Crippen LogP contribution in [0.5, 0.6) is 5.75 Å². The van der Waals surface area contributed by atoms with E-state index in [0.717, 1.165) is 44.6 Å². The van der Waals surface area contributed by atoms with Crippen molar-refractivity contribution in [1.82, 2.24) is 20.3 Å². The van der Waals surface area contributed by atoms with Gasteiger partial charge in [-0.2, -0.15) is 0 Å². The molecule has 254 valence electrons. The molecule has 0 saturated carbocycles. The number of nitrogens with zero attached hydrogens (tertiary/aromatic N) is 3. The maximum absolute atomic E-state index is 11.6. The van der Waals surface area contributed by atoms with Gasteiger partial charge < -0.3 is 10.4 Å². The van der Waals surface area contributed by atoms with Gasteiger partial charge in [0, 0.05) is 29.7 Å². The summed E-state index contributed by atoms with van der Waals surface area (Å²) in [5.74, 6) is 0.461. The number of piperidine rings is 1. The van der Waals surface area contributed by atoms with Gasteiger partial charge in [0.25, 0.3) is 5.91 Å². The Labute approximate surface area is 296 Å². The largest absolute Gasteiger partial charge is 0.507 e. The summed E-state index contributed by atoms with van der Waals surface area (Å²) in [5, 5.41) is 15.9. The van der Waals surface area contributed by atoms with E-state index in [-0.39, 0.29) is 17.7 Å². The number of nitrogens with one attached hydrogen (secondary N) is 2. The summed E-state index contributed by atoms with van der Waals surface area (Å²) < 4.78 is 0. The maximum atomic E-state index is 11.6. The molecule has 1 saturated heterocycles. The van der Waals surface area contributed by atoms with E-state index < -0.39 is 17.6 Å². The van der Waals surface area contributed by atoms with Crippen molar-refractivity contribution in [2.24, 2.45) is 0 Å². The molecular formula is C40H38ClN5O4. The third-order valence-electron chi connectivity index (χ3n) is 8.27. The summed E-state index contributed by atoms with van der Waals surface area (Å²) in [6, 6.07) is 23.4. The highest BCUT2D eigenvalue weighted by molar-refractivity contribution is 6.32. The summed E-state index contributed by atoms with van der Waals surface area (Å²) in [6.07, 6.45) is 1.22. The normalized spacial score (nSPS) is 13.5. The number of carbonyl (C=O) groups is 3. The van der Waals surface area contributed by atoms with Crippen LogP contribution < -0.4 is 10.6 Å². The van der Waals surface area contributed by atoms with Crippen LogP contribution in [0, 0.1) is 34.6 Å². The van der Waals surface area contributed by atoms with E-state index >= 15 is 0 Å². The van der Waals surface area contributed by atoms with Crippen molar-refractivity contribution in [2.45, 2.75) is 46.9 Å². The van der Waals surface area contributed by atoms with E-state index in [1.807, 2.05) is 43.3 Å². The van der Waals surface area contributed by atoms with Crippen LogP contribution in [-0.4, -0.2) is 44.7 Å². The smallest absolute Gasteiger partial charge is 0.261 e. The summed E-state index contributed by atoms with van der Waals surface area (Å²) in [4.78, 5) is 48.5. The molecule has 0 unspecified atom stereocenters. The zero-order valence-corrected chi connectivity index (χ0v) is 29.6. The number of phenols is 1. The molecule has 1 aliphatic rings. The molecule has 6 rings (SSSR count). The molecule has 0 spiro atoms. The molecule has 2 heterocycles. The second-order valence-electron chi connectivity index (χ2n) is 12.3. The van der Waals surface area contributed by atoms with E-state index in [0.29, 0.717) is 28.9 Å². The highest BCUT2D eigenvalue weighted by Crippen LogP contribution is 2.35. The second kappa shape index (κ2) is 15.3. The number of aryl methyl sites for hydroxylation is 5. The number of aromatic hydroxyl groups is 1. The zero-order valence-electron chi connectivity index (χ0n) is 28.8. The number of alkyl halides is 1. The van der Waals surface area contributed by atoms with E-state index in [9.17, 15) is 19.5 Å². The van der Waals surface area contributed by atoms with Crippen LogP contribution in [0.15, 0.2) is 78.4 Å². The number of aromatic nitrogens is 3. The Morgan fingerprint density at radius 2 is 1.28 bits per heavy atom. The minimum Gasteiger partial charge on any atom is -0.507 e. The Morgan fingerprint density at radius 3 is 1.76 bits per heavy atom. The molecule has 1 aromatic heterocycles. The number of imide groups is 1. The predicted molar refractivity (Wildman–Crippen MR) is 198 cm³/mol. The second-order valence-corrected chi connectivity index (χ2v) is 12.6. The molecule has 5 aromatic rings. The van der Waals surface area contributed by atoms with Crippen LogP contribution >= 0.6 is 11.6 Å². The Bertz CT molecular complexity index is 2070. The Hall–Kier alpha value is -5.67. The Morgan fingerprint density at radius 1 is 0.740 bits per heavy atom.